The molecule has 72 valence electrons. The molecule has 0 saturated carbocycles. The molecule has 3 amide bonds. The number of carbonyl (C=O) groups excluding carboxylic acids is 2. The number of nitrogens with one attached hydrogen (secondary N) is 1. The van der Waals surface area contributed by atoms with Crippen LogP contribution in [0.5, 0.6) is 0 Å². The first kappa shape index (κ1) is 8.55. The first-order chi connectivity index (χ1) is 6.68. The lowest BCUT2D eigenvalue weighted by atomic mass is 10.2. The standard InChI is InChI=1S/C9H9N3O2/c10-6-3-1-2-4-7(6)12-5-8(13)11-9(12)14/h1-4H,5,10H2,(H,11,13,14). The lowest BCUT2D eigenvalue weighted by molar-refractivity contribution is -0.117. The molecule has 0 radical (unpaired) electrons. The number of hydrogen-bond acceptors (Lipinski definition) is 3. The van der Waals surface area contributed by atoms with E-state index in [1.807, 2.05) is 0 Å². The predicted molar refractivity (Wildman–Crippen MR) is 51.7 cm³/mol. The Morgan fingerprint density at radius 2 is 2.00 bits per heavy atom. The minimum atomic E-state index is -0.423. The Hall–Kier alpha value is -2.04. The summed E-state index contributed by atoms with van der Waals surface area (Å²) in [6.45, 7) is 0.0348. The molecule has 0 aromatic heterocycles. The molecule has 1 aliphatic heterocycles. The van der Waals surface area contributed by atoms with Crippen LogP contribution in [0.2, 0.25) is 0 Å². The Morgan fingerprint density at radius 1 is 1.29 bits per heavy atom. The Morgan fingerprint density at radius 3 is 2.57 bits per heavy atom. The summed E-state index contributed by atoms with van der Waals surface area (Å²) >= 11 is 0. The van der Waals surface area contributed by atoms with Crippen molar-refractivity contribution in [2.24, 2.45) is 0 Å². The van der Waals surface area contributed by atoms with E-state index in [1.54, 1.807) is 24.3 Å². The number of urea groups is 1. The van der Waals surface area contributed by atoms with Crippen molar-refractivity contribution < 1.29 is 9.59 Å². The smallest absolute Gasteiger partial charge is 0.329 e. The van der Waals surface area contributed by atoms with Gasteiger partial charge in [0.1, 0.15) is 6.54 Å². The number of amides is 3. The van der Waals surface area contributed by atoms with Gasteiger partial charge in [-0.2, -0.15) is 0 Å². The van der Waals surface area contributed by atoms with E-state index in [-0.39, 0.29) is 12.5 Å². The largest absolute Gasteiger partial charge is 0.397 e. The quantitative estimate of drug-likeness (QED) is 0.496. The van der Waals surface area contributed by atoms with Gasteiger partial charge in [-0.3, -0.25) is 15.0 Å². The van der Waals surface area contributed by atoms with Gasteiger partial charge in [0, 0.05) is 0 Å². The molecule has 1 aromatic rings. The van der Waals surface area contributed by atoms with E-state index >= 15 is 0 Å². The second-order valence-electron chi connectivity index (χ2n) is 3.00. The van der Waals surface area contributed by atoms with Crippen LogP contribution in [0.25, 0.3) is 0 Å². The molecule has 0 bridgehead atoms. The van der Waals surface area contributed by atoms with Gasteiger partial charge in [0.25, 0.3) is 0 Å². The number of carbonyl (C=O) groups is 2. The first-order valence-electron chi connectivity index (χ1n) is 4.14. The topological polar surface area (TPSA) is 75.4 Å². The summed E-state index contributed by atoms with van der Waals surface area (Å²) in [5.74, 6) is -0.307. The van der Waals surface area contributed by atoms with E-state index in [9.17, 15) is 9.59 Å². The van der Waals surface area contributed by atoms with Crippen molar-refractivity contribution in [3.63, 3.8) is 0 Å². The Kier molecular flexibility index (Phi) is 1.85. The number of rotatable bonds is 1. The number of nitrogens with two attached hydrogens (primary N) is 1. The molecular formula is C9H9N3O2. The van der Waals surface area contributed by atoms with Crippen LogP contribution in [0, 0.1) is 0 Å². The van der Waals surface area contributed by atoms with Crippen molar-refractivity contribution in [1.82, 2.24) is 5.32 Å². The monoisotopic (exact) mass is 191 g/mol. The molecular weight excluding hydrogens is 182 g/mol. The van der Waals surface area contributed by atoms with E-state index in [1.165, 1.54) is 4.90 Å². The summed E-state index contributed by atoms with van der Waals surface area (Å²) in [6.07, 6.45) is 0. The van der Waals surface area contributed by atoms with Gasteiger partial charge in [0.15, 0.2) is 0 Å². The number of para-hydroxylation sites is 2. The summed E-state index contributed by atoms with van der Waals surface area (Å²) in [5, 5.41) is 2.19. The number of nitrogens with zero attached hydrogens (tertiary/aromatic N) is 1. The molecule has 1 heterocycles. The van der Waals surface area contributed by atoms with E-state index in [4.69, 9.17) is 5.73 Å². The summed E-state index contributed by atoms with van der Waals surface area (Å²) in [7, 11) is 0. The maximum Gasteiger partial charge on any atom is 0.329 e. The molecule has 5 heteroatoms. The maximum absolute atomic E-state index is 11.3. The van der Waals surface area contributed by atoms with Crippen LogP contribution < -0.4 is 16.0 Å². The van der Waals surface area contributed by atoms with E-state index < -0.39 is 6.03 Å². The fraction of sp³-hybridized carbons (Fsp3) is 0.111. The lowest BCUT2D eigenvalue weighted by Crippen LogP contribution is -2.28. The second kappa shape index (κ2) is 3.02. The molecule has 1 fully saturated rings. The summed E-state index contributed by atoms with van der Waals surface area (Å²) < 4.78 is 0. The van der Waals surface area contributed by atoms with Crippen molar-refractivity contribution in [3.05, 3.63) is 24.3 Å². The van der Waals surface area contributed by atoms with Crippen LogP contribution >= 0.6 is 0 Å². The number of anilines is 2. The van der Waals surface area contributed by atoms with Crippen molar-refractivity contribution in [2.75, 3.05) is 17.2 Å². The van der Waals surface area contributed by atoms with Crippen LogP contribution in [-0.4, -0.2) is 18.5 Å². The number of benzene rings is 1. The lowest BCUT2D eigenvalue weighted by Gasteiger charge is -2.14. The Balaban J connectivity index is 2.36. The van der Waals surface area contributed by atoms with E-state index in [0.717, 1.165) is 0 Å². The minimum absolute atomic E-state index is 0.0348. The van der Waals surface area contributed by atoms with Crippen molar-refractivity contribution in [2.45, 2.75) is 0 Å². The highest BCUT2D eigenvalue weighted by atomic mass is 16.2. The van der Waals surface area contributed by atoms with Gasteiger partial charge in [0.05, 0.1) is 11.4 Å². The molecule has 2 rings (SSSR count). The zero-order chi connectivity index (χ0) is 10.1. The van der Waals surface area contributed by atoms with Crippen LogP contribution in [0.1, 0.15) is 0 Å². The van der Waals surface area contributed by atoms with Crippen LogP contribution in [0.15, 0.2) is 24.3 Å². The fourth-order valence-corrected chi connectivity index (χ4v) is 1.37. The zero-order valence-electron chi connectivity index (χ0n) is 7.36. The van der Waals surface area contributed by atoms with Gasteiger partial charge in [-0.15, -0.1) is 0 Å². The highest BCUT2D eigenvalue weighted by Gasteiger charge is 2.28. The zero-order valence-corrected chi connectivity index (χ0v) is 7.36. The minimum Gasteiger partial charge on any atom is -0.397 e. The van der Waals surface area contributed by atoms with Crippen LogP contribution in [-0.2, 0) is 4.79 Å². The SMILES string of the molecule is Nc1ccccc1N1CC(=O)NC1=O. The van der Waals surface area contributed by atoms with Crippen molar-refractivity contribution in [1.29, 1.82) is 0 Å². The maximum atomic E-state index is 11.3. The van der Waals surface area contributed by atoms with Gasteiger partial charge >= 0.3 is 6.03 Å². The van der Waals surface area contributed by atoms with Gasteiger partial charge < -0.3 is 5.73 Å². The van der Waals surface area contributed by atoms with Gasteiger partial charge in [-0.05, 0) is 12.1 Å². The molecule has 0 spiro atoms. The number of nitrogen functional groups attached to an aromatic ring is 1. The molecule has 0 aliphatic carbocycles. The summed E-state index contributed by atoms with van der Waals surface area (Å²) in [4.78, 5) is 23.5. The third-order valence-corrected chi connectivity index (χ3v) is 2.02. The molecule has 1 saturated heterocycles. The van der Waals surface area contributed by atoms with Gasteiger partial charge in [0.2, 0.25) is 5.91 Å². The fourth-order valence-electron chi connectivity index (χ4n) is 1.37. The third-order valence-electron chi connectivity index (χ3n) is 2.02. The third kappa shape index (κ3) is 1.28. The average molecular weight is 191 g/mol. The molecule has 5 nitrogen and oxygen atoms in total. The second-order valence-corrected chi connectivity index (χ2v) is 3.00. The molecule has 14 heavy (non-hydrogen) atoms. The molecule has 3 N–H and O–H groups in total. The number of hydrogen-bond donors (Lipinski definition) is 2. The van der Waals surface area contributed by atoms with Crippen molar-refractivity contribution in [3.8, 4) is 0 Å². The number of imide groups is 1. The molecule has 0 atom stereocenters. The van der Waals surface area contributed by atoms with Crippen LogP contribution in [0.4, 0.5) is 16.2 Å². The normalized spacial score (nSPS) is 15.9. The highest BCUT2D eigenvalue weighted by molar-refractivity contribution is 6.13. The first-order valence-corrected chi connectivity index (χ1v) is 4.14. The molecule has 1 aliphatic rings. The Bertz CT molecular complexity index is 403. The summed E-state index contributed by atoms with van der Waals surface area (Å²) in [6, 6.07) is 6.50. The summed E-state index contributed by atoms with van der Waals surface area (Å²) in [5.41, 5.74) is 6.72. The highest BCUT2D eigenvalue weighted by Crippen LogP contribution is 2.23. The molecule has 1 aromatic carbocycles. The predicted octanol–water partition coefficient (Wildman–Crippen LogP) is 0.325. The van der Waals surface area contributed by atoms with Gasteiger partial charge in [-0.1, -0.05) is 12.1 Å². The molecule has 0 unspecified atom stereocenters. The van der Waals surface area contributed by atoms with Crippen molar-refractivity contribution >= 4 is 23.3 Å². The van der Waals surface area contributed by atoms with E-state index in [2.05, 4.69) is 5.32 Å². The average Bonchev–Trinajstić information content (AvgIpc) is 2.46. The van der Waals surface area contributed by atoms with E-state index in [0.29, 0.717) is 11.4 Å². The van der Waals surface area contributed by atoms with Crippen LogP contribution in [0.3, 0.4) is 0 Å². The van der Waals surface area contributed by atoms with Gasteiger partial charge in [-0.25, -0.2) is 4.79 Å². The Labute approximate surface area is 80.5 Å².